The van der Waals surface area contributed by atoms with Crippen LogP contribution >= 0.6 is 11.3 Å². The van der Waals surface area contributed by atoms with E-state index in [2.05, 4.69) is 16.8 Å². The van der Waals surface area contributed by atoms with Gasteiger partial charge in [0.25, 0.3) is 0 Å². The summed E-state index contributed by atoms with van der Waals surface area (Å²) in [6.45, 7) is 6.40. The average molecular weight is 211 g/mol. The molecule has 0 amide bonds. The van der Waals surface area contributed by atoms with Gasteiger partial charge in [-0.1, -0.05) is 6.92 Å². The molecule has 1 atom stereocenters. The number of likely N-dealkylation sites (N-methyl/N-ethyl adjacent to an activating group) is 1. The molecule has 0 bridgehead atoms. The number of hydrogen-bond donors (Lipinski definition) is 1. The number of nitrogens with zero attached hydrogens (tertiary/aromatic N) is 2. The fraction of sp³-hybridized carbons (Fsp3) is 0.700. The van der Waals surface area contributed by atoms with E-state index in [4.69, 9.17) is 5.73 Å². The lowest BCUT2D eigenvalue weighted by Gasteiger charge is -2.11. The summed E-state index contributed by atoms with van der Waals surface area (Å²) in [6, 6.07) is 0. The van der Waals surface area contributed by atoms with Crippen LogP contribution in [0.3, 0.4) is 0 Å². The number of thiazole rings is 1. The predicted octanol–water partition coefficient (Wildman–Crippen LogP) is 1.41. The van der Waals surface area contributed by atoms with Crippen molar-refractivity contribution in [3.05, 3.63) is 16.1 Å². The monoisotopic (exact) mass is 211 g/mol. The minimum atomic E-state index is 0.627. The van der Waals surface area contributed by atoms with Gasteiger partial charge in [-0.25, -0.2) is 4.98 Å². The number of rotatable bonds is 3. The normalized spacial score (nSPS) is 23.1. The van der Waals surface area contributed by atoms with Crippen LogP contribution in [-0.2, 0) is 6.54 Å². The van der Waals surface area contributed by atoms with E-state index in [0.717, 1.165) is 6.54 Å². The first-order valence-corrected chi connectivity index (χ1v) is 6.02. The van der Waals surface area contributed by atoms with Gasteiger partial charge in [0, 0.05) is 30.1 Å². The van der Waals surface area contributed by atoms with Crippen LogP contribution in [0.4, 0.5) is 0 Å². The zero-order valence-electron chi connectivity index (χ0n) is 8.57. The lowest BCUT2D eigenvalue weighted by molar-refractivity contribution is 0.354. The van der Waals surface area contributed by atoms with Crippen molar-refractivity contribution in [1.29, 1.82) is 0 Å². The molecule has 2 heterocycles. The second kappa shape index (κ2) is 4.38. The van der Waals surface area contributed by atoms with Crippen LogP contribution in [0.25, 0.3) is 0 Å². The standard InChI is InChI=1S/C10H17N3S/c1-2-13-4-3-8(7-13)10-12-6-9(5-11)14-10/h6,8H,2-5,7,11H2,1H3. The first-order chi connectivity index (χ1) is 6.83. The van der Waals surface area contributed by atoms with Crippen LogP contribution in [0.1, 0.15) is 29.1 Å². The zero-order chi connectivity index (χ0) is 9.97. The molecule has 0 radical (unpaired) electrons. The fourth-order valence-corrected chi connectivity index (χ4v) is 2.85. The highest BCUT2D eigenvalue weighted by molar-refractivity contribution is 7.11. The van der Waals surface area contributed by atoms with Gasteiger partial charge in [0.05, 0.1) is 5.01 Å². The molecule has 1 aromatic heterocycles. The van der Waals surface area contributed by atoms with E-state index in [-0.39, 0.29) is 0 Å². The van der Waals surface area contributed by atoms with Gasteiger partial charge >= 0.3 is 0 Å². The van der Waals surface area contributed by atoms with E-state index in [1.165, 1.54) is 29.4 Å². The number of likely N-dealkylation sites (tertiary alicyclic amines) is 1. The summed E-state index contributed by atoms with van der Waals surface area (Å²) in [5, 5.41) is 1.28. The van der Waals surface area contributed by atoms with Gasteiger partial charge in [-0.05, 0) is 19.5 Å². The van der Waals surface area contributed by atoms with Crippen molar-refractivity contribution in [1.82, 2.24) is 9.88 Å². The predicted molar refractivity (Wildman–Crippen MR) is 59.5 cm³/mol. The molecule has 14 heavy (non-hydrogen) atoms. The van der Waals surface area contributed by atoms with Crippen LogP contribution < -0.4 is 5.73 Å². The first-order valence-electron chi connectivity index (χ1n) is 5.20. The molecule has 0 spiro atoms. The molecule has 1 aliphatic heterocycles. The highest BCUT2D eigenvalue weighted by atomic mass is 32.1. The minimum Gasteiger partial charge on any atom is -0.326 e. The number of hydrogen-bond acceptors (Lipinski definition) is 4. The maximum atomic E-state index is 5.58. The van der Waals surface area contributed by atoms with Gasteiger partial charge in [0.2, 0.25) is 0 Å². The maximum Gasteiger partial charge on any atom is 0.0972 e. The molecule has 1 saturated heterocycles. The second-order valence-corrected chi connectivity index (χ2v) is 4.89. The molecule has 1 unspecified atom stereocenters. The fourth-order valence-electron chi connectivity index (χ4n) is 1.93. The summed E-state index contributed by atoms with van der Waals surface area (Å²) >= 11 is 1.78. The Morgan fingerprint density at radius 2 is 2.57 bits per heavy atom. The molecule has 2 rings (SSSR count). The molecular formula is C10H17N3S. The van der Waals surface area contributed by atoms with E-state index in [9.17, 15) is 0 Å². The third kappa shape index (κ3) is 1.97. The van der Waals surface area contributed by atoms with Crippen molar-refractivity contribution >= 4 is 11.3 Å². The van der Waals surface area contributed by atoms with Gasteiger partial charge in [0.1, 0.15) is 0 Å². The summed E-state index contributed by atoms with van der Waals surface area (Å²) in [4.78, 5) is 8.13. The second-order valence-electron chi connectivity index (χ2n) is 3.75. The molecule has 3 nitrogen and oxygen atoms in total. The van der Waals surface area contributed by atoms with Crippen molar-refractivity contribution in [2.75, 3.05) is 19.6 Å². The quantitative estimate of drug-likeness (QED) is 0.822. The third-order valence-corrected chi connectivity index (χ3v) is 4.02. The molecular weight excluding hydrogens is 194 g/mol. The Balaban J connectivity index is 2.02. The van der Waals surface area contributed by atoms with E-state index < -0.39 is 0 Å². The van der Waals surface area contributed by atoms with Crippen LogP contribution in [0.2, 0.25) is 0 Å². The van der Waals surface area contributed by atoms with E-state index in [1.54, 1.807) is 11.3 Å². The minimum absolute atomic E-state index is 0.627. The smallest absolute Gasteiger partial charge is 0.0972 e. The largest absolute Gasteiger partial charge is 0.326 e. The van der Waals surface area contributed by atoms with Crippen molar-refractivity contribution in [2.24, 2.45) is 5.73 Å². The molecule has 2 N–H and O–H groups in total. The van der Waals surface area contributed by atoms with Gasteiger partial charge in [-0.3, -0.25) is 0 Å². The van der Waals surface area contributed by atoms with Gasteiger partial charge in [-0.15, -0.1) is 11.3 Å². The SMILES string of the molecule is CCN1CCC(c2ncc(CN)s2)C1. The Morgan fingerprint density at radius 3 is 3.14 bits per heavy atom. The van der Waals surface area contributed by atoms with Crippen molar-refractivity contribution in [3.63, 3.8) is 0 Å². The molecule has 1 aromatic rings. The Kier molecular flexibility index (Phi) is 3.15. The molecule has 0 aromatic carbocycles. The highest BCUT2D eigenvalue weighted by Crippen LogP contribution is 2.29. The highest BCUT2D eigenvalue weighted by Gasteiger charge is 2.24. The van der Waals surface area contributed by atoms with Crippen molar-refractivity contribution < 1.29 is 0 Å². The summed E-state index contributed by atoms with van der Waals surface area (Å²) in [7, 11) is 0. The van der Waals surface area contributed by atoms with Gasteiger partial charge in [-0.2, -0.15) is 0 Å². The molecule has 1 aliphatic rings. The summed E-state index contributed by atoms with van der Waals surface area (Å²) in [5.41, 5.74) is 5.58. The molecule has 1 fully saturated rings. The number of aromatic nitrogens is 1. The molecule has 78 valence electrons. The summed E-state index contributed by atoms with van der Waals surface area (Å²) in [6.07, 6.45) is 3.18. The summed E-state index contributed by atoms with van der Waals surface area (Å²) < 4.78 is 0. The Hall–Kier alpha value is -0.450. The van der Waals surface area contributed by atoms with E-state index in [0.29, 0.717) is 12.5 Å². The van der Waals surface area contributed by atoms with Gasteiger partial charge in [0.15, 0.2) is 0 Å². The Labute approximate surface area is 88.9 Å². The Bertz CT molecular complexity index is 297. The van der Waals surface area contributed by atoms with Crippen LogP contribution in [0.15, 0.2) is 6.20 Å². The van der Waals surface area contributed by atoms with Crippen LogP contribution in [0.5, 0.6) is 0 Å². The van der Waals surface area contributed by atoms with E-state index in [1.807, 2.05) is 6.20 Å². The van der Waals surface area contributed by atoms with E-state index >= 15 is 0 Å². The first kappa shape index (κ1) is 10.1. The third-order valence-electron chi connectivity index (χ3n) is 2.84. The number of nitrogens with two attached hydrogens (primary N) is 1. The maximum absolute atomic E-state index is 5.58. The molecule has 0 aliphatic carbocycles. The van der Waals surface area contributed by atoms with Gasteiger partial charge < -0.3 is 10.6 Å². The van der Waals surface area contributed by atoms with Crippen LogP contribution in [0, 0.1) is 0 Å². The summed E-state index contributed by atoms with van der Waals surface area (Å²) in [5.74, 6) is 0.653. The molecule has 0 saturated carbocycles. The Morgan fingerprint density at radius 1 is 1.71 bits per heavy atom. The molecule has 4 heteroatoms. The topological polar surface area (TPSA) is 42.2 Å². The lowest BCUT2D eigenvalue weighted by Crippen LogP contribution is -2.19. The average Bonchev–Trinajstić information content (AvgIpc) is 2.86. The van der Waals surface area contributed by atoms with Crippen LogP contribution in [-0.4, -0.2) is 29.5 Å². The lowest BCUT2D eigenvalue weighted by atomic mass is 10.1. The van der Waals surface area contributed by atoms with Crippen molar-refractivity contribution in [3.8, 4) is 0 Å². The zero-order valence-corrected chi connectivity index (χ0v) is 9.39. The van der Waals surface area contributed by atoms with Crippen molar-refractivity contribution in [2.45, 2.75) is 25.8 Å².